The molecule has 3 aromatic heterocycles. The average Bonchev–Trinajstić information content (AvgIpc) is 3.20. The Hall–Kier alpha value is -2.34. The fourth-order valence-electron chi connectivity index (χ4n) is 2.10. The second-order valence-corrected chi connectivity index (χ2v) is 4.75. The fraction of sp³-hybridized carbons (Fsp3) is 0.333. The van der Waals surface area contributed by atoms with Crippen LogP contribution in [0.1, 0.15) is 30.2 Å². The molecule has 0 bridgehead atoms. The van der Waals surface area contributed by atoms with E-state index in [4.69, 9.17) is 13.3 Å². The zero-order valence-corrected chi connectivity index (χ0v) is 11.9. The SMILES string of the molecule is CCc1nnc(CN(Cc2ccco2)Cc2ccco2)o1. The fourth-order valence-corrected chi connectivity index (χ4v) is 2.10. The first-order valence-corrected chi connectivity index (χ1v) is 6.92. The zero-order valence-electron chi connectivity index (χ0n) is 11.9. The van der Waals surface area contributed by atoms with Crippen LogP contribution in [0.2, 0.25) is 0 Å². The molecular formula is C15H17N3O3. The molecular weight excluding hydrogens is 270 g/mol. The second kappa shape index (κ2) is 6.41. The van der Waals surface area contributed by atoms with Crippen molar-refractivity contribution in [2.45, 2.75) is 33.0 Å². The van der Waals surface area contributed by atoms with Gasteiger partial charge in [0.25, 0.3) is 0 Å². The molecule has 0 radical (unpaired) electrons. The normalized spacial score (nSPS) is 11.3. The lowest BCUT2D eigenvalue weighted by molar-refractivity contribution is 0.189. The van der Waals surface area contributed by atoms with Crippen LogP contribution >= 0.6 is 0 Å². The predicted octanol–water partition coefficient (Wildman–Crippen LogP) is 3.02. The van der Waals surface area contributed by atoms with Gasteiger partial charge in [0.2, 0.25) is 11.8 Å². The van der Waals surface area contributed by atoms with Crippen molar-refractivity contribution >= 4 is 0 Å². The van der Waals surface area contributed by atoms with E-state index in [9.17, 15) is 0 Å². The first-order chi connectivity index (χ1) is 10.3. The Morgan fingerprint density at radius 3 is 2.00 bits per heavy atom. The van der Waals surface area contributed by atoms with E-state index in [-0.39, 0.29) is 0 Å². The summed E-state index contributed by atoms with van der Waals surface area (Å²) in [7, 11) is 0. The minimum absolute atomic E-state index is 0.550. The quantitative estimate of drug-likeness (QED) is 0.665. The van der Waals surface area contributed by atoms with E-state index < -0.39 is 0 Å². The van der Waals surface area contributed by atoms with Gasteiger partial charge in [-0.1, -0.05) is 6.92 Å². The van der Waals surface area contributed by atoms with Crippen molar-refractivity contribution in [2.24, 2.45) is 0 Å². The molecule has 0 saturated carbocycles. The van der Waals surface area contributed by atoms with Gasteiger partial charge in [0.15, 0.2) is 0 Å². The van der Waals surface area contributed by atoms with Crippen molar-refractivity contribution in [1.82, 2.24) is 15.1 Å². The average molecular weight is 287 g/mol. The van der Waals surface area contributed by atoms with Crippen molar-refractivity contribution in [3.63, 3.8) is 0 Å². The van der Waals surface area contributed by atoms with Gasteiger partial charge >= 0.3 is 0 Å². The molecule has 0 aromatic carbocycles. The molecule has 21 heavy (non-hydrogen) atoms. The topological polar surface area (TPSA) is 68.4 Å². The van der Waals surface area contributed by atoms with Crippen LogP contribution in [-0.2, 0) is 26.1 Å². The standard InChI is InChI=1S/C15H17N3O3/c1-2-14-16-17-15(21-14)11-18(9-12-5-3-7-19-12)10-13-6-4-8-20-13/h3-8H,2,9-11H2,1H3. The van der Waals surface area contributed by atoms with Crippen molar-refractivity contribution in [3.05, 3.63) is 60.1 Å². The maximum absolute atomic E-state index is 5.58. The van der Waals surface area contributed by atoms with Crippen LogP contribution in [-0.4, -0.2) is 15.1 Å². The van der Waals surface area contributed by atoms with Crippen LogP contribution in [0.4, 0.5) is 0 Å². The second-order valence-electron chi connectivity index (χ2n) is 4.75. The number of hydrogen-bond donors (Lipinski definition) is 0. The van der Waals surface area contributed by atoms with Crippen LogP contribution in [0.15, 0.2) is 50.0 Å². The molecule has 0 amide bonds. The molecule has 0 spiro atoms. The third-order valence-corrected chi connectivity index (χ3v) is 3.09. The molecule has 0 atom stereocenters. The van der Waals surface area contributed by atoms with Crippen LogP contribution in [0.3, 0.4) is 0 Å². The summed E-state index contributed by atoms with van der Waals surface area (Å²) in [5.74, 6) is 3.03. The molecule has 0 N–H and O–H groups in total. The van der Waals surface area contributed by atoms with Crippen molar-refractivity contribution < 1.29 is 13.3 Å². The highest BCUT2D eigenvalue weighted by Gasteiger charge is 2.15. The first kappa shape index (κ1) is 13.6. The van der Waals surface area contributed by atoms with E-state index >= 15 is 0 Å². The van der Waals surface area contributed by atoms with Crippen molar-refractivity contribution in [1.29, 1.82) is 0 Å². The number of nitrogens with zero attached hydrogens (tertiary/aromatic N) is 3. The van der Waals surface area contributed by atoms with Crippen molar-refractivity contribution in [3.8, 4) is 0 Å². The smallest absolute Gasteiger partial charge is 0.230 e. The Kier molecular flexibility index (Phi) is 4.16. The van der Waals surface area contributed by atoms with Gasteiger partial charge in [0.1, 0.15) is 11.5 Å². The molecule has 0 aliphatic rings. The van der Waals surface area contributed by atoms with Crippen LogP contribution in [0, 0.1) is 0 Å². The van der Waals surface area contributed by atoms with Gasteiger partial charge in [-0.15, -0.1) is 10.2 Å². The number of rotatable bonds is 7. The first-order valence-electron chi connectivity index (χ1n) is 6.92. The summed E-state index contributed by atoms with van der Waals surface area (Å²) < 4.78 is 16.4. The molecule has 0 aliphatic heterocycles. The molecule has 110 valence electrons. The molecule has 6 nitrogen and oxygen atoms in total. The lowest BCUT2D eigenvalue weighted by Gasteiger charge is -2.17. The Morgan fingerprint density at radius 1 is 0.905 bits per heavy atom. The third kappa shape index (κ3) is 3.61. The Morgan fingerprint density at radius 2 is 1.52 bits per heavy atom. The molecule has 3 aromatic rings. The summed E-state index contributed by atoms with van der Waals surface area (Å²) in [6, 6.07) is 7.64. The maximum atomic E-state index is 5.58. The summed E-state index contributed by atoms with van der Waals surface area (Å²) >= 11 is 0. The van der Waals surface area contributed by atoms with Gasteiger partial charge in [0.05, 0.1) is 32.2 Å². The third-order valence-electron chi connectivity index (χ3n) is 3.09. The molecule has 3 heterocycles. The summed E-state index contributed by atoms with van der Waals surface area (Å²) in [4.78, 5) is 2.13. The summed E-state index contributed by atoms with van der Waals surface area (Å²) in [5.41, 5.74) is 0. The number of hydrogen-bond acceptors (Lipinski definition) is 6. The summed E-state index contributed by atoms with van der Waals surface area (Å²) in [5, 5.41) is 8.06. The number of aryl methyl sites for hydroxylation is 1. The predicted molar refractivity (Wildman–Crippen MR) is 74.0 cm³/mol. The highest BCUT2D eigenvalue weighted by molar-refractivity contribution is 5.01. The van der Waals surface area contributed by atoms with Crippen LogP contribution < -0.4 is 0 Å². The lowest BCUT2D eigenvalue weighted by Crippen LogP contribution is -2.22. The highest BCUT2D eigenvalue weighted by Crippen LogP contribution is 2.14. The summed E-state index contributed by atoms with van der Waals surface area (Å²) in [6.07, 6.45) is 4.08. The summed E-state index contributed by atoms with van der Waals surface area (Å²) in [6.45, 7) is 3.84. The molecule has 0 aliphatic carbocycles. The molecule has 0 saturated heterocycles. The zero-order chi connectivity index (χ0) is 14.5. The van der Waals surface area contributed by atoms with Gasteiger partial charge in [-0.2, -0.15) is 0 Å². The van der Waals surface area contributed by atoms with E-state index in [0.717, 1.165) is 17.9 Å². The minimum atomic E-state index is 0.550. The lowest BCUT2D eigenvalue weighted by atomic mass is 10.3. The molecule has 0 fully saturated rings. The van der Waals surface area contributed by atoms with Gasteiger partial charge < -0.3 is 13.3 Å². The van der Waals surface area contributed by atoms with E-state index in [0.29, 0.717) is 31.4 Å². The van der Waals surface area contributed by atoms with Gasteiger partial charge in [-0.25, -0.2) is 0 Å². The minimum Gasteiger partial charge on any atom is -0.468 e. The Bertz CT molecular complexity index is 607. The Labute approximate surface area is 122 Å². The van der Waals surface area contributed by atoms with Crippen LogP contribution in [0.5, 0.6) is 0 Å². The van der Waals surface area contributed by atoms with Crippen molar-refractivity contribution in [2.75, 3.05) is 0 Å². The van der Waals surface area contributed by atoms with Gasteiger partial charge in [0, 0.05) is 6.42 Å². The molecule has 0 unspecified atom stereocenters. The van der Waals surface area contributed by atoms with Gasteiger partial charge in [-0.3, -0.25) is 4.90 Å². The Balaban J connectivity index is 1.71. The largest absolute Gasteiger partial charge is 0.468 e. The number of furan rings is 2. The van der Waals surface area contributed by atoms with E-state index in [1.54, 1.807) is 12.5 Å². The van der Waals surface area contributed by atoms with Gasteiger partial charge in [-0.05, 0) is 24.3 Å². The number of aromatic nitrogens is 2. The van der Waals surface area contributed by atoms with E-state index in [2.05, 4.69) is 15.1 Å². The van der Waals surface area contributed by atoms with E-state index in [1.807, 2.05) is 31.2 Å². The van der Waals surface area contributed by atoms with Crippen LogP contribution in [0.25, 0.3) is 0 Å². The highest BCUT2D eigenvalue weighted by atomic mass is 16.4. The molecule has 3 rings (SSSR count). The molecule has 6 heteroatoms. The maximum Gasteiger partial charge on any atom is 0.230 e. The monoisotopic (exact) mass is 287 g/mol. The van der Waals surface area contributed by atoms with E-state index in [1.165, 1.54) is 0 Å².